The maximum Gasteiger partial charge on any atom is 0.255 e. The summed E-state index contributed by atoms with van der Waals surface area (Å²) in [6, 6.07) is 20.3. The summed E-state index contributed by atoms with van der Waals surface area (Å²) in [7, 11) is 1.56. The maximum atomic E-state index is 12.5. The van der Waals surface area contributed by atoms with Crippen LogP contribution >= 0.6 is 0 Å². The zero-order valence-corrected chi connectivity index (χ0v) is 12.7. The summed E-state index contributed by atoms with van der Waals surface area (Å²) < 4.78 is 0. The fourth-order valence-corrected chi connectivity index (χ4v) is 2.45. The molecule has 0 aliphatic rings. The lowest BCUT2D eigenvalue weighted by Gasteiger charge is -2.10. The van der Waals surface area contributed by atoms with E-state index in [1.807, 2.05) is 36.4 Å². The first-order chi connectivity index (χ1) is 11.2. The molecule has 2 amide bonds. The van der Waals surface area contributed by atoms with Crippen LogP contribution < -0.4 is 10.6 Å². The first-order valence-electron chi connectivity index (χ1n) is 7.30. The van der Waals surface area contributed by atoms with Gasteiger partial charge in [-0.15, -0.1) is 0 Å². The molecule has 0 fully saturated rings. The van der Waals surface area contributed by atoms with Crippen LogP contribution in [0.5, 0.6) is 0 Å². The SMILES string of the molecule is CNC(=O)c1ccccc1NC(=O)c1ccc2ccccc2c1. The number of rotatable bonds is 3. The molecule has 0 unspecified atom stereocenters. The molecule has 0 atom stereocenters. The molecule has 0 aromatic heterocycles. The summed E-state index contributed by atoms with van der Waals surface area (Å²) in [4.78, 5) is 24.3. The van der Waals surface area contributed by atoms with Gasteiger partial charge in [0.2, 0.25) is 0 Å². The molecule has 0 aliphatic heterocycles. The number of anilines is 1. The number of hydrogen-bond donors (Lipinski definition) is 2. The third-order valence-electron chi connectivity index (χ3n) is 3.66. The van der Waals surface area contributed by atoms with Gasteiger partial charge in [0, 0.05) is 12.6 Å². The molecule has 0 radical (unpaired) electrons. The van der Waals surface area contributed by atoms with Crippen LogP contribution in [0.25, 0.3) is 10.8 Å². The van der Waals surface area contributed by atoms with Crippen LogP contribution in [-0.4, -0.2) is 18.9 Å². The van der Waals surface area contributed by atoms with E-state index < -0.39 is 0 Å². The lowest BCUT2D eigenvalue weighted by Crippen LogP contribution is -2.21. The van der Waals surface area contributed by atoms with Crippen molar-refractivity contribution in [3.05, 3.63) is 77.9 Å². The number of nitrogens with one attached hydrogen (secondary N) is 2. The minimum atomic E-state index is -0.243. The first kappa shape index (κ1) is 14.8. The summed E-state index contributed by atoms with van der Waals surface area (Å²) in [5.41, 5.74) is 1.48. The normalized spacial score (nSPS) is 10.3. The molecule has 0 heterocycles. The van der Waals surface area contributed by atoms with Gasteiger partial charge in [-0.25, -0.2) is 0 Å². The molecule has 0 spiro atoms. The largest absolute Gasteiger partial charge is 0.355 e. The van der Waals surface area contributed by atoms with Gasteiger partial charge in [-0.05, 0) is 35.0 Å². The highest BCUT2D eigenvalue weighted by Gasteiger charge is 2.13. The predicted molar refractivity (Wildman–Crippen MR) is 91.7 cm³/mol. The van der Waals surface area contributed by atoms with Crippen molar-refractivity contribution < 1.29 is 9.59 Å². The molecule has 0 saturated carbocycles. The van der Waals surface area contributed by atoms with E-state index in [1.165, 1.54) is 0 Å². The van der Waals surface area contributed by atoms with Crippen molar-refractivity contribution in [3.8, 4) is 0 Å². The Morgan fingerprint density at radius 3 is 2.26 bits per heavy atom. The second-order valence-electron chi connectivity index (χ2n) is 5.14. The number of fused-ring (bicyclic) bond motifs is 1. The van der Waals surface area contributed by atoms with E-state index in [1.54, 1.807) is 37.4 Å². The fraction of sp³-hybridized carbons (Fsp3) is 0.0526. The first-order valence-corrected chi connectivity index (χ1v) is 7.30. The van der Waals surface area contributed by atoms with Crippen molar-refractivity contribution >= 4 is 28.3 Å². The van der Waals surface area contributed by atoms with E-state index in [4.69, 9.17) is 0 Å². The number of carbonyl (C=O) groups is 2. The molecule has 3 aromatic rings. The fourth-order valence-electron chi connectivity index (χ4n) is 2.45. The van der Waals surface area contributed by atoms with Crippen LogP contribution in [0.3, 0.4) is 0 Å². The summed E-state index contributed by atoms with van der Waals surface area (Å²) in [6.45, 7) is 0. The average molecular weight is 304 g/mol. The monoisotopic (exact) mass is 304 g/mol. The minimum Gasteiger partial charge on any atom is -0.355 e. The second kappa shape index (κ2) is 6.32. The number of benzene rings is 3. The molecule has 23 heavy (non-hydrogen) atoms. The summed E-state index contributed by atoms with van der Waals surface area (Å²) in [6.07, 6.45) is 0. The number of amides is 2. The maximum absolute atomic E-state index is 12.5. The van der Waals surface area contributed by atoms with Gasteiger partial charge in [0.25, 0.3) is 11.8 Å². The van der Waals surface area contributed by atoms with Gasteiger partial charge in [0.05, 0.1) is 11.3 Å². The van der Waals surface area contributed by atoms with Gasteiger partial charge in [0.15, 0.2) is 0 Å². The lowest BCUT2D eigenvalue weighted by molar-refractivity contribution is 0.0964. The highest BCUT2D eigenvalue weighted by molar-refractivity contribution is 6.10. The van der Waals surface area contributed by atoms with E-state index in [-0.39, 0.29) is 11.8 Å². The average Bonchev–Trinajstić information content (AvgIpc) is 2.61. The molecule has 2 N–H and O–H groups in total. The van der Waals surface area contributed by atoms with Crippen LogP contribution in [0.4, 0.5) is 5.69 Å². The van der Waals surface area contributed by atoms with E-state index in [0.717, 1.165) is 10.8 Å². The Morgan fingerprint density at radius 1 is 0.783 bits per heavy atom. The Balaban J connectivity index is 1.90. The molecule has 3 rings (SSSR count). The molecular weight excluding hydrogens is 288 g/mol. The zero-order valence-electron chi connectivity index (χ0n) is 12.7. The second-order valence-corrected chi connectivity index (χ2v) is 5.14. The molecule has 114 valence electrons. The van der Waals surface area contributed by atoms with Crippen molar-refractivity contribution in [1.82, 2.24) is 5.32 Å². The van der Waals surface area contributed by atoms with Gasteiger partial charge in [-0.3, -0.25) is 9.59 Å². The van der Waals surface area contributed by atoms with Crippen molar-refractivity contribution in [2.45, 2.75) is 0 Å². The summed E-state index contributed by atoms with van der Waals surface area (Å²) in [5.74, 6) is -0.480. The molecule has 0 bridgehead atoms. The van der Waals surface area contributed by atoms with Gasteiger partial charge < -0.3 is 10.6 Å². The predicted octanol–water partition coefficient (Wildman–Crippen LogP) is 3.45. The van der Waals surface area contributed by atoms with Crippen molar-refractivity contribution in [2.24, 2.45) is 0 Å². The van der Waals surface area contributed by atoms with Crippen molar-refractivity contribution in [3.63, 3.8) is 0 Å². The standard InChI is InChI=1S/C19H16N2O2/c1-20-19(23)16-8-4-5-9-17(16)21-18(22)15-11-10-13-6-2-3-7-14(13)12-15/h2-12H,1H3,(H,20,23)(H,21,22). The molecule has 0 aliphatic carbocycles. The lowest BCUT2D eigenvalue weighted by atomic mass is 10.1. The third-order valence-corrected chi connectivity index (χ3v) is 3.66. The van der Waals surface area contributed by atoms with E-state index in [0.29, 0.717) is 16.8 Å². The smallest absolute Gasteiger partial charge is 0.255 e. The quantitative estimate of drug-likeness (QED) is 0.778. The van der Waals surface area contributed by atoms with E-state index >= 15 is 0 Å². The van der Waals surface area contributed by atoms with Gasteiger partial charge in [0.1, 0.15) is 0 Å². The topological polar surface area (TPSA) is 58.2 Å². The third kappa shape index (κ3) is 3.06. The van der Waals surface area contributed by atoms with Crippen molar-refractivity contribution in [2.75, 3.05) is 12.4 Å². The highest BCUT2D eigenvalue weighted by Crippen LogP contribution is 2.19. The van der Waals surface area contributed by atoms with Gasteiger partial charge in [-0.1, -0.05) is 42.5 Å². The molecule has 0 saturated heterocycles. The Morgan fingerprint density at radius 2 is 1.48 bits per heavy atom. The van der Waals surface area contributed by atoms with Gasteiger partial charge >= 0.3 is 0 Å². The zero-order chi connectivity index (χ0) is 16.2. The number of carbonyl (C=O) groups excluding carboxylic acids is 2. The van der Waals surface area contributed by atoms with Crippen LogP contribution in [0.1, 0.15) is 20.7 Å². The van der Waals surface area contributed by atoms with Gasteiger partial charge in [-0.2, -0.15) is 0 Å². The summed E-state index contributed by atoms with van der Waals surface area (Å²) >= 11 is 0. The molecular formula is C19H16N2O2. The summed E-state index contributed by atoms with van der Waals surface area (Å²) in [5, 5.41) is 7.45. The molecule has 4 nitrogen and oxygen atoms in total. The van der Waals surface area contributed by atoms with Crippen LogP contribution in [0.2, 0.25) is 0 Å². The molecule has 4 heteroatoms. The van der Waals surface area contributed by atoms with Crippen molar-refractivity contribution in [1.29, 1.82) is 0 Å². The highest BCUT2D eigenvalue weighted by atomic mass is 16.2. The van der Waals surface area contributed by atoms with E-state index in [9.17, 15) is 9.59 Å². The van der Waals surface area contributed by atoms with Crippen LogP contribution in [0.15, 0.2) is 66.7 Å². The Labute approximate surface area is 134 Å². The molecule has 3 aromatic carbocycles. The van der Waals surface area contributed by atoms with E-state index in [2.05, 4.69) is 10.6 Å². The Hall–Kier alpha value is -3.14. The minimum absolute atomic E-state index is 0.237. The number of para-hydroxylation sites is 1. The number of hydrogen-bond acceptors (Lipinski definition) is 2. The Kier molecular flexibility index (Phi) is 4.06. The van der Waals surface area contributed by atoms with Crippen LogP contribution in [0, 0.1) is 0 Å². The Bertz CT molecular complexity index is 887. The van der Waals surface area contributed by atoms with Crippen LogP contribution in [-0.2, 0) is 0 Å².